The van der Waals surface area contributed by atoms with Gasteiger partial charge in [0.15, 0.2) is 0 Å². The Morgan fingerprint density at radius 1 is 1.32 bits per heavy atom. The largest absolute Gasteiger partial charge is 0.490 e. The highest BCUT2D eigenvalue weighted by Crippen LogP contribution is 2.36. The van der Waals surface area contributed by atoms with Crippen molar-refractivity contribution >= 4 is 23.3 Å². The van der Waals surface area contributed by atoms with Crippen LogP contribution < -0.4 is 20.3 Å². The standard InChI is InChI=1S/C16H23N3O3/c1-5-17-15(21)18-11-6-7-13-12(10-11)19(8-9-22-13)14(20)16(2,3)4/h6-7,10H,5,8-9H2,1-4H3,(H2,17,18,21). The summed E-state index contributed by atoms with van der Waals surface area (Å²) in [6.07, 6.45) is 0. The number of anilines is 2. The van der Waals surface area contributed by atoms with Gasteiger partial charge in [0.2, 0.25) is 5.91 Å². The fourth-order valence-electron chi connectivity index (χ4n) is 2.25. The molecule has 6 nitrogen and oxygen atoms in total. The second-order valence-corrected chi connectivity index (χ2v) is 6.22. The third-order valence-corrected chi connectivity index (χ3v) is 3.30. The SMILES string of the molecule is CCNC(=O)Nc1ccc2c(c1)N(C(=O)C(C)(C)C)CCO2. The van der Waals surface area contributed by atoms with E-state index in [-0.39, 0.29) is 11.9 Å². The summed E-state index contributed by atoms with van der Waals surface area (Å²) in [4.78, 5) is 25.9. The number of nitrogens with zero attached hydrogens (tertiary/aromatic N) is 1. The van der Waals surface area contributed by atoms with Crippen molar-refractivity contribution in [3.63, 3.8) is 0 Å². The van der Waals surface area contributed by atoms with E-state index in [1.165, 1.54) is 0 Å². The van der Waals surface area contributed by atoms with Crippen LogP contribution in [0, 0.1) is 5.41 Å². The number of carbonyl (C=O) groups is 2. The van der Waals surface area contributed by atoms with Crippen molar-refractivity contribution in [1.29, 1.82) is 0 Å². The number of hydrogen-bond donors (Lipinski definition) is 2. The molecule has 1 aromatic rings. The lowest BCUT2D eigenvalue weighted by Crippen LogP contribution is -2.44. The molecule has 0 saturated heterocycles. The highest BCUT2D eigenvalue weighted by molar-refractivity contribution is 5.99. The van der Waals surface area contributed by atoms with Gasteiger partial charge in [0.05, 0.1) is 12.2 Å². The molecule has 0 unspecified atom stereocenters. The molecule has 1 aliphatic heterocycles. The smallest absolute Gasteiger partial charge is 0.319 e. The van der Waals surface area contributed by atoms with Gasteiger partial charge in [0.1, 0.15) is 12.4 Å². The number of fused-ring (bicyclic) bond motifs is 1. The van der Waals surface area contributed by atoms with Gasteiger partial charge in [-0.1, -0.05) is 20.8 Å². The Bertz CT molecular complexity index is 578. The van der Waals surface area contributed by atoms with E-state index < -0.39 is 5.41 Å². The van der Waals surface area contributed by atoms with Crippen LogP contribution in [-0.2, 0) is 4.79 Å². The molecule has 0 atom stereocenters. The molecular weight excluding hydrogens is 282 g/mol. The van der Waals surface area contributed by atoms with E-state index in [0.717, 1.165) is 0 Å². The number of urea groups is 1. The van der Waals surface area contributed by atoms with Crippen molar-refractivity contribution < 1.29 is 14.3 Å². The molecule has 0 radical (unpaired) electrons. The van der Waals surface area contributed by atoms with Crippen LogP contribution in [0.5, 0.6) is 5.75 Å². The van der Waals surface area contributed by atoms with Crippen molar-refractivity contribution in [2.45, 2.75) is 27.7 Å². The topological polar surface area (TPSA) is 70.7 Å². The van der Waals surface area contributed by atoms with Gasteiger partial charge in [-0.15, -0.1) is 0 Å². The molecule has 3 amide bonds. The average Bonchev–Trinajstić information content (AvgIpc) is 2.45. The molecule has 120 valence electrons. The zero-order valence-corrected chi connectivity index (χ0v) is 13.5. The maximum absolute atomic E-state index is 12.6. The fourth-order valence-corrected chi connectivity index (χ4v) is 2.25. The molecule has 0 fully saturated rings. The Kier molecular flexibility index (Phi) is 4.59. The van der Waals surface area contributed by atoms with Crippen LogP contribution in [0.4, 0.5) is 16.2 Å². The summed E-state index contributed by atoms with van der Waals surface area (Å²) in [7, 11) is 0. The molecular formula is C16H23N3O3. The molecule has 0 aromatic heterocycles. The predicted octanol–water partition coefficient (Wildman–Crippen LogP) is 2.60. The summed E-state index contributed by atoms with van der Waals surface area (Å²) in [5.41, 5.74) is 0.847. The quantitative estimate of drug-likeness (QED) is 0.882. The summed E-state index contributed by atoms with van der Waals surface area (Å²) < 4.78 is 5.60. The number of rotatable bonds is 2. The van der Waals surface area contributed by atoms with E-state index in [4.69, 9.17) is 4.74 Å². The van der Waals surface area contributed by atoms with Crippen LogP contribution in [0.3, 0.4) is 0 Å². The molecule has 22 heavy (non-hydrogen) atoms. The minimum atomic E-state index is -0.475. The number of amides is 3. The van der Waals surface area contributed by atoms with Gasteiger partial charge in [-0.2, -0.15) is 0 Å². The first-order valence-corrected chi connectivity index (χ1v) is 7.46. The maximum atomic E-state index is 12.6. The second-order valence-electron chi connectivity index (χ2n) is 6.22. The van der Waals surface area contributed by atoms with Crippen LogP contribution in [-0.4, -0.2) is 31.6 Å². The van der Waals surface area contributed by atoms with Crippen LogP contribution in [0.1, 0.15) is 27.7 Å². The van der Waals surface area contributed by atoms with Crippen LogP contribution in [0.2, 0.25) is 0 Å². The molecule has 2 rings (SSSR count). The molecule has 0 saturated carbocycles. The zero-order valence-electron chi connectivity index (χ0n) is 13.5. The first-order valence-electron chi connectivity index (χ1n) is 7.46. The lowest BCUT2D eigenvalue weighted by Gasteiger charge is -2.34. The first kappa shape index (κ1) is 16.1. The molecule has 1 aromatic carbocycles. The van der Waals surface area contributed by atoms with Crippen molar-refractivity contribution in [3.8, 4) is 5.75 Å². The lowest BCUT2D eigenvalue weighted by atomic mass is 9.94. The van der Waals surface area contributed by atoms with E-state index in [9.17, 15) is 9.59 Å². The molecule has 0 bridgehead atoms. The highest BCUT2D eigenvalue weighted by Gasteiger charge is 2.31. The molecule has 1 heterocycles. The van der Waals surface area contributed by atoms with Crippen molar-refractivity contribution in [3.05, 3.63) is 18.2 Å². The van der Waals surface area contributed by atoms with Gasteiger partial charge in [-0.25, -0.2) is 4.79 Å². The number of ether oxygens (including phenoxy) is 1. The molecule has 6 heteroatoms. The van der Waals surface area contributed by atoms with E-state index >= 15 is 0 Å². The Morgan fingerprint density at radius 3 is 2.68 bits per heavy atom. The summed E-state index contributed by atoms with van der Waals surface area (Å²) >= 11 is 0. The molecule has 0 spiro atoms. The molecule has 1 aliphatic rings. The monoisotopic (exact) mass is 305 g/mol. The van der Waals surface area contributed by atoms with Gasteiger partial charge < -0.3 is 20.3 Å². The third-order valence-electron chi connectivity index (χ3n) is 3.30. The van der Waals surface area contributed by atoms with E-state index in [1.54, 1.807) is 23.1 Å². The summed E-state index contributed by atoms with van der Waals surface area (Å²) in [5, 5.41) is 5.42. The number of hydrogen-bond acceptors (Lipinski definition) is 3. The second kappa shape index (κ2) is 6.25. The van der Waals surface area contributed by atoms with Gasteiger partial charge in [0.25, 0.3) is 0 Å². The van der Waals surface area contributed by atoms with E-state index in [0.29, 0.717) is 36.8 Å². The van der Waals surface area contributed by atoms with Crippen molar-refractivity contribution in [2.75, 3.05) is 29.9 Å². The van der Waals surface area contributed by atoms with Crippen molar-refractivity contribution in [1.82, 2.24) is 5.32 Å². The fraction of sp³-hybridized carbons (Fsp3) is 0.500. The molecule has 0 aliphatic carbocycles. The van der Waals surface area contributed by atoms with Crippen LogP contribution in [0.25, 0.3) is 0 Å². The first-order chi connectivity index (χ1) is 10.3. The number of carbonyl (C=O) groups excluding carboxylic acids is 2. The highest BCUT2D eigenvalue weighted by atomic mass is 16.5. The van der Waals surface area contributed by atoms with Crippen LogP contribution in [0.15, 0.2) is 18.2 Å². The number of benzene rings is 1. The summed E-state index contributed by atoms with van der Waals surface area (Å²) in [5.74, 6) is 0.692. The lowest BCUT2D eigenvalue weighted by molar-refractivity contribution is -0.126. The van der Waals surface area contributed by atoms with Gasteiger partial charge in [-0.05, 0) is 25.1 Å². The van der Waals surface area contributed by atoms with Crippen molar-refractivity contribution in [2.24, 2.45) is 5.41 Å². The van der Waals surface area contributed by atoms with Crippen LogP contribution >= 0.6 is 0 Å². The minimum absolute atomic E-state index is 0.0345. The summed E-state index contributed by atoms with van der Waals surface area (Å²) in [6.45, 7) is 9.05. The third kappa shape index (κ3) is 3.50. The Balaban J connectivity index is 2.28. The zero-order chi connectivity index (χ0) is 16.3. The average molecular weight is 305 g/mol. The van der Waals surface area contributed by atoms with Gasteiger partial charge in [-0.3, -0.25) is 4.79 Å². The number of nitrogens with one attached hydrogen (secondary N) is 2. The van der Waals surface area contributed by atoms with Gasteiger partial charge in [0, 0.05) is 17.6 Å². The predicted molar refractivity (Wildman–Crippen MR) is 86.4 cm³/mol. The molecule has 2 N–H and O–H groups in total. The van der Waals surface area contributed by atoms with E-state index in [2.05, 4.69) is 10.6 Å². The van der Waals surface area contributed by atoms with Gasteiger partial charge >= 0.3 is 6.03 Å². The minimum Gasteiger partial charge on any atom is -0.490 e. The maximum Gasteiger partial charge on any atom is 0.319 e. The Hall–Kier alpha value is -2.24. The Labute approximate surface area is 130 Å². The van der Waals surface area contributed by atoms with E-state index in [1.807, 2.05) is 27.7 Å². The normalized spacial score (nSPS) is 13.9. The summed E-state index contributed by atoms with van der Waals surface area (Å²) in [6, 6.07) is 5.04. The Morgan fingerprint density at radius 2 is 2.05 bits per heavy atom.